The molecule has 1 aliphatic rings. The summed E-state index contributed by atoms with van der Waals surface area (Å²) in [5.41, 5.74) is 0.650. The maximum absolute atomic E-state index is 13.4. The molecule has 0 bridgehead atoms. The summed E-state index contributed by atoms with van der Waals surface area (Å²) in [5, 5.41) is 2.94. The number of rotatable bonds is 3. The van der Waals surface area contributed by atoms with Gasteiger partial charge in [0.1, 0.15) is 5.82 Å². The van der Waals surface area contributed by atoms with E-state index in [2.05, 4.69) is 21.2 Å². The quantitative estimate of drug-likeness (QED) is 0.769. The topological polar surface area (TPSA) is 12.0 Å². The normalized spacial score (nSPS) is 23.9. The highest BCUT2D eigenvalue weighted by molar-refractivity contribution is 9.10. The second-order valence-corrected chi connectivity index (χ2v) is 6.02. The van der Waals surface area contributed by atoms with Crippen LogP contribution in [0.25, 0.3) is 0 Å². The lowest BCUT2D eigenvalue weighted by Crippen LogP contribution is -2.45. The van der Waals surface area contributed by atoms with E-state index in [1.54, 1.807) is 12.1 Å². The van der Waals surface area contributed by atoms with Crippen molar-refractivity contribution < 1.29 is 17.6 Å². The van der Waals surface area contributed by atoms with Crippen LogP contribution in [0.1, 0.15) is 31.2 Å². The van der Waals surface area contributed by atoms with E-state index in [0.717, 1.165) is 6.42 Å². The lowest BCUT2D eigenvalue weighted by molar-refractivity contribution is -0.189. The molecule has 1 aromatic rings. The first-order valence-corrected chi connectivity index (χ1v) is 7.41. The third-order valence-electron chi connectivity index (χ3n) is 3.74. The number of hydrogen-bond acceptors (Lipinski definition) is 1. The minimum Gasteiger partial charge on any atom is -0.309 e. The summed E-state index contributed by atoms with van der Waals surface area (Å²) in [5.74, 6) is -1.70. The van der Waals surface area contributed by atoms with E-state index in [-0.39, 0.29) is 13.0 Å². The Bertz CT molecular complexity index is 461. The van der Waals surface area contributed by atoms with E-state index in [1.807, 2.05) is 0 Å². The Morgan fingerprint density at radius 1 is 1.20 bits per heavy atom. The summed E-state index contributed by atoms with van der Waals surface area (Å²) in [6.45, 7) is 0.251. The molecular formula is C14H16BrF4N. The second kappa shape index (κ2) is 6.43. The van der Waals surface area contributed by atoms with Crippen molar-refractivity contribution in [2.75, 3.05) is 0 Å². The third-order valence-corrected chi connectivity index (χ3v) is 4.38. The van der Waals surface area contributed by atoms with E-state index in [1.165, 1.54) is 6.07 Å². The maximum atomic E-state index is 13.4. The van der Waals surface area contributed by atoms with Gasteiger partial charge in [0.2, 0.25) is 0 Å². The predicted molar refractivity (Wildman–Crippen MR) is 72.7 cm³/mol. The van der Waals surface area contributed by atoms with Gasteiger partial charge in [-0.15, -0.1) is 0 Å². The van der Waals surface area contributed by atoms with Crippen LogP contribution in [0.2, 0.25) is 0 Å². The molecule has 0 aliphatic heterocycles. The Kier molecular flexibility index (Phi) is 5.07. The van der Waals surface area contributed by atoms with Crippen molar-refractivity contribution >= 4 is 15.9 Å². The number of alkyl halides is 3. The Morgan fingerprint density at radius 2 is 1.90 bits per heavy atom. The van der Waals surface area contributed by atoms with E-state index >= 15 is 0 Å². The molecule has 0 amide bonds. The SMILES string of the molecule is Fc1cc(CNC2CCCCC2C(F)(F)F)ccc1Br. The molecule has 20 heavy (non-hydrogen) atoms. The lowest BCUT2D eigenvalue weighted by atomic mass is 9.84. The predicted octanol–water partition coefficient (Wildman–Crippen LogP) is 4.80. The molecule has 0 radical (unpaired) electrons. The average molecular weight is 354 g/mol. The zero-order valence-corrected chi connectivity index (χ0v) is 12.4. The molecule has 1 N–H and O–H groups in total. The molecule has 112 valence electrons. The Morgan fingerprint density at radius 3 is 2.55 bits per heavy atom. The van der Waals surface area contributed by atoms with Gasteiger partial charge in [-0.3, -0.25) is 0 Å². The van der Waals surface area contributed by atoms with Crippen molar-refractivity contribution in [2.24, 2.45) is 5.92 Å². The molecule has 0 aromatic heterocycles. The summed E-state index contributed by atoms with van der Waals surface area (Å²) in [4.78, 5) is 0. The van der Waals surface area contributed by atoms with E-state index in [9.17, 15) is 17.6 Å². The summed E-state index contributed by atoms with van der Waals surface area (Å²) >= 11 is 3.05. The molecule has 1 saturated carbocycles. The van der Waals surface area contributed by atoms with E-state index < -0.39 is 24.0 Å². The molecule has 0 spiro atoms. The Labute approximate surface area is 123 Å². The molecule has 0 saturated heterocycles. The van der Waals surface area contributed by atoms with Crippen LogP contribution in [0.5, 0.6) is 0 Å². The third kappa shape index (κ3) is 3.95. The molecule has 2 unspecified atom stereocenters. The fourth-order valence-corrected chi connectivity index (χ4v) is 2.91. The number of halogens is 5. The van der Waals surface area contributed by atoms with Crippen molar-refractivity contribution in [3.8, 4) is 0 Å². The maximum Gasteiger partial charge on any atom is 0.393 e. The van der Waals surface area contributed by atoms with Gasteiger partial charge in [0, 0.05) is 12.6 Å². The van der Waals surface area contributed by atoms with Gasteiger partial charge in [-0.1, -0.05) is 18.9 Å². The summed E-state index contributed by atoms with van der Waals surface area (Å²) < 4.78 is 52.5. The Hall–Kier alpha value is -0.620. The largest absolute Gasteiger partial charge is 0.393 e. The van der Waals surface area contributed by atoms with Crippen molar-refractivity contribution in [3.63, 3.8) is 0 Å². The average Bonchev–Trinajstić information content (AvgIpc) is 2.39. The van der Waals surface area contributed by atoms with Crippen LogP contribution in [0, 0.1) is 11.7 Å². The van der Waals surface area contributed by atoms with Gasteiger partial charge >= 0.3 is 6.18 Å². The van der Waals surface area contributed by atoms with Crippen molar-refractivity contribution in [2.45, 2.75) is 44.4 Å². The van der Waals surface area contributed by atoms with Crippen LogP contribution in [0.3, 0.4) is 0 Å². The highest BCUT2D eigenvalue weighted by atomic mass is 79.9. The van der Waals surface area contributed by atoms with Gasteiger partial charge in [0.25, 0.3) is 0 Å². The molecular weight excluding hydrogens is 338 g/mol. The van der Waals surface area contributed by atoms with Crippen LogP contribution in [-0.2, 0) is 6.54 Å². The number of benzene rings is 1. The zero-order chi connectivity index (χ0) is 14.8. The molecule has 2 atom stereocenters. The van der Waals surface area contributed by atoms with Crippen molar-refractivity contribution in [1.29, 1.82) is 0 Å². The smallest absolute Gasteiger partial charge is 0.309 e. The number of hydrogen-bond donors (Lipinski definition) is 1. The van der Waals surface area contributed by atoms with Gasteiger partial charge in [-0.05, 0) is 46.5 Å². The van der Waals surface area contributed by atoms with Crippen molar-refractivity contribution in [3.05, 3.63) is 34.1 Å². The number of nitrogens with one attached hydrogen (secondary N) is 1. The van der Waals surface area contributed by atoms with E-state index in [0.29, 0.717) is 22.9 Å². The first-order chi connectivity index (χ1) is 9.38. The zero-order valence-electron chi connectivity index (χ0n) is 10.8. The summed E-state index contributed by atoms with van der Waals surface area (Å²) in [6.07, 6.45) is -2.05. The van der Waals surface area contributed by atoms with Gasteiger partial charge in [0.15, 0.2) is 0 Å². The molecule has 6 heteroatoms. The van der Waals surface area contributed by atoms with Gasteiger partial charge in [-0.25, -0.2) is 4.39 Å². The molecule has 1 aromatic carbocycles. The monoisotopic (exact) mass is 353 g/mol. The first kappa shape index (κ1) is 15.8. The highest BCUT2D eigenvalue weighted by Crippen LogP contribution is 2.37. The van der Waals surface area contributed by atoms with Gasteiger partial charge in [-0.2, -0.15) is 13.2 Å². The summed E-state index contributed by atoms with van der Waals surface area (Å²) in [6, 6.07) is 4.03. The standard InChI is InChI=1S/C14H16BrF4N/c15-11-6-5-9(7-12(11)16)8-20-13-4-2-1-3-10(13)14(17,18)19/h5-7,10,13,20H,1-4,8H2. The molecule has 2 rings (SSSR count). The minimum absolute atomic E-state index is 0.176. The van der Waals surface area contributed by atoms with Crippen LogP contribution >= 0.6 is 15.9 Å². The van der Waals surface area contributed by atoms with Gasteiger partial charge < -0.3 is 5.32 Å². The second-order valence-electron chi connectivity index (χ2n) is 5.17. The lowest BCUT2D eigenvalue weighted by Gasteiger charge is -2.33. The molecule has 0 heterocycles. The fourth-order valence-electron chi connectivity index (χ4n) is 2.67. The summed E-state index contributed by atoms with van der Waals surface area (Å²) in [7, 11) is 0. The van der Waals surface area contributed by atoms with Crippen LogP contribution in [-0.4, -0.2) is 12.2 Å². The highest BCUT2D eigenvalue weighted by Gasteiger charge is 2.45. The van der Waals surface area contributed by atoms with Crippen LogP contribution < -0.4 is 5.32 Å². The molecule has 1 fully saturated rings. The first-order valence-electron chi connectivity index (χ1n) is 6.62. The van der Waals surface area contributed by atoms with Gasteiger partial charge in [0.05, 0.1) is 10.4 Å². The van der Waals surface area contributed by atoms with Crippen molar-refractivity contribution in [1.82, 2.24) is 5.32 Å². The van der Waals surface area contributed by atoms with Crippen LogP contribution in [0.15, 0.2) is 22.7 Å². The molecule has 1 aliphatic carbocycles. The fraction of sp³-hybridized carbons (Fsp3) is 0.571. The minimum atomic E-state index is -4.16. The Balaban J connectivity index is 1.99. The molecule has 1 nitrogen and oxygen atoms in total. The van der Waals surface area contributed by atoms with Crippen LogP contribution in [0.4, 0.5) is 17.6 Å². The van der Waals surface area contributed by atoms with E-state index in [4.69, 9.17) is 0 Å².